The van der Waals surface area contributed by atoms with E-state index >= 15 is 0 Å². The lowest BCUT2D eigenvalue weighted by Crippen LogP contribution is -2.44. The molecule has 4 heteroatoms. The van der Waals surface area contributed by atoms with Crippen molar-refractivity contribution < 1.29 is 14.7 Å². The van der Waals surface area contributed by atoms with Gasteiger partial charge in [-0.25, -0.2) is 0 Å². The van der Waals surface area contributed by atoms with E-state index in [1.54, 1.807) is 0 Å². The van der Waals surface area contributed by atoms with Gasteiger partial charge in [0.1, 0.15) is 0 Å². The van der Waals surface area contributed by atoms with Crippen molar-refractivity contribution in [3.8, 4) is 0 Å². The van der Waals surface area contributed by atoms with Crippen LogP contribution in [0.5, 0.6) is 0 Å². The highest BCUT2D eigenvalue weighted by atomic mass is 16.4. The first kappa shape index (κ1) is 15.1. The van der Waals surface area contributed by atoms with E-state index in [2.05, 4.69) is 19.2 Å². The zero-order valence-corrected chi connectivity index (χ0v) is 12.3. The first-order valence-corrected chi connectivity index (χ1v) is 7.72. The summed E-state index contributed by atoms with van der Waals surface area (Å²) in [5.41, 5.74) is 0. The van der Waals surface area contributed by atoms with Gasteiger partial charge in [-0.05, 0) is 37.5 Å². The smallest absolute Gasteiger partial charge is 0.307 e. The van der Waals surface area contributed by atoms with E-state index in [1.807, 2.05) is 12.2 Å². The second-order valence-corrected chi connectivity index (χ2v) is 6.21. The molecule has 2 aliphatic carbocycles. The van der Waals surface area contributed by atoms with Crippen molar-refractivity contribution in [2.45, 2.75) is 52.0 Å². The number of carbonyl (C=O) groups is 2. The summed E-state index contributed by atoms with van der Waals surface area (Å²) in [6, 6.07) is 0.216. The Morgan fingerprint density at radius 1 is 1.20 bits per heavy atom. The number of rotatable bonds is 4. The first-order chi connectivity index (χ1) is 9.54. The van der Waals surface area contributed by atoms with Gasteiger partial charge in [0, 0.05) is 6.04 Å². The van der Waals surface area contributed by atoms with Gasteiger partial charge in [0.2, 0.25) is 5.91 Å². The number of hydrogen-bond acceptors (Lipinski definition) is 2. The van der Waals surface area contributed by atoms with Gasteiger partial charge < -0.3 is 10.4 Å². The van der Waals surface area contributed by atoms with Crippen LogP contribution in [0.15, 0.2) is 12.2 Å². The first-order valence-electron chi connectivity index (χ1n) is 7.72. The number of allylic oxidation sites excluding steroid dienone is 2. The Bertz CT molecular complexity index is 405. The van der Waals surface area contributed by atoms with Crippen LogP contribution in [0.1, 0.15) is 46.0 Å². The minimum absolute atomic E-state index is 0.0737. The summed E-state index contributed by atoms with van der Waals surface area (Å²) >= 11 is 0. The molecule has 1 saturated carbocycles. The normalized spacial score (nSPS) is 36.8. The third-order valence-corrected chi connectivity index (χ3v) is 5.17. The van der Waals surface area contributed by atoms with Gasteiger partial charge in [-0.15, -0.1) is 0 Å². The molecule has 1 fully saturated rings. The average Bonchev–Trinajstić information content (AvgIpc) is 2.79. The van der Waals surface area contributed by atoms with Crippen LogP contribution in [0.3, 0.4) is 0 Å². The second-order valence-electron chi connectivity index (χ2n) is 6.21. The van der Waals surface area contributed by atoms with Crippen molar-refractivity contribution in [2.75, 3.05) is 0 Å². The summed E-state index contributed by atoms with van der Waals surface area (Å²) in [6.07, 6.45) is 8.13. The van der Waals surface area contributed by atoms with Crippen LogP contribution in [0, 0.1) is 23.7 Å². The Kier molecular flexibility index (Phi) is 4.84. The maximum absolute atomic E-state index is 12.4. The molecule has 2 rings (SSSR count). The Labute approximate surface area is 120 Å². The van der Waals surface area contributed by atoms with Crippen molar-refractivity contribution >= 4 is 11.9 Å². The third kappa shape index (κ3) is 3.05. The summed E-state index contributed by atoms with van der Waals surface area (Å²) in [5, 5.41) is 12.3. The van der Waals surface area contributed by atoms with Crippen LogP contribution in [-0.2, 0) is 9.59 Å². The molecule has 0 radical (unpaired) electrons. The number of aliphatic carboxylic acids is 1. The van der Waals surface area contributed by atoms with Gasteiger partial charge >= 0.3 is 5.97 Å². The van der Waals surface area contributed by atoms with Crippen molar-refractivity contribution in [2.24, 2.45) is 23.7 Å². The molecule has 0 aromatic carbocycles. The minimum Gasteiger partial charge on any atom is -0.481 e. The maximum Gasteiger partial charge on any atom is 0.307 e. The Morgan fingerprint density at radius 3 is 2.40 bits per heavy atom. The molecule has 1 amide bonds. The summed E-state index contributed by atoms with van der Waals surface area (Å²) < 4.78 is 0. The van der Waals surface area contributed by atoms with Crippen LogP contribution in [0.2, 0.25) is 0 Å². The van der Waals surface area contributed by atoms with E-state index in [0.29, 0.717) is 24.7 Å². The quantitative estimate of drug-likeness (QED) is 0.777. The monoisotopic (exact) mass is 279 g/mol. The molecule has 2 N–H and O–H groups in total. The van der Waals surface area contributed by atoms with E-state index in [4.69, 9.17) is 0 Å². The van der Waals surface area contributed by atoms with Crippen molar-refractivity contribution in [1.29, 1.82) is 0 Å². The molecule has 0 aromatic rings. The lowest BCUT2D eigenvalue weighted by atomic mass is 9.82. The number of carbonyl (C=O) groups excluding carboxylic acids is 1. The van der Waals surface area contributed by atoms with E-state index in [-0.39, 0.29) is 11.9 Å². The van der Waals surface area contributed by atoms with Crippen LogP contribution in [0.4, 0.5) is 0 Å². The number of amides is 1. The summed E-state index contributed by atoms with van der Waals surface area (Å²) in [6.45, 7) is 4.39. The van der Waals surface area contributed by atoms with E-state index in [9.17, 15) is 14.7 Å². The lowest BCUT2D eigenvalue weighted by Gasteiger charge is -2.28. The molecule has 4 nitrogen and oxygen atoms in total. The zero-order valence-electron chi connectivity index (χ0n) is 12.3. The fourth-order valence-corrected chi connectivity index (χ4v) is 3.69. The molecule has 2 aliphatic rings. The van der Waals surface area contributed by atoms with Crippen molar-refractivity contribution in [3.63, 3.8) is 0 Å². The molecular formula is C16H25NO3. The van der Waals surface area contributed by atoms with Crippen LogP contribution >= 0.6 is 0 Å². The highest BCUT2D eigenvalue weighted by molar-refractivity contribution is 5.85. The van der Waals surface area contributed by atoms with Gasteiger partial charge in [0.25, 0.3) is 0 Å². The molecule has 0 bridgehead atoms. The predicted octanol–water partition coefficient (Wildman–Crippen LogP) is 2.59. The largest absolute Gasteiger partial charge is 0.481 e. The van der Waals surface area contributed by atoms with Gasteiger partial charge in [-0.2, -0.15) is 0 Å². The molecule has 5 atom stereocenters. The highest BCUT2D eigenvalue weighted by Crippen LogP contribution is 2.34. The second kappa shape index (κ2) is 6.42. The highest BCUT2D eigenvalue weighted by Gasteiger charge is 2.37. The van der Waals surface area contributed by atoms with Crippen molar-refractivity contribution in [1.82, 2.24) is 5.32 Å². The SMILES string of the molecule is CCC1CCC(NC(=O)[C@@H]2CC=CC[C@@H]2C(=O)O)C1C. The van der Waals surface area contributed by atoms with Gasteiger partial charge in [0.15, 0.2) is 0 Å². The fraction of sp³-hybridized carbons (Fsp3) is 0.750. The maximum atomic E-state index is 12.4. The van der Waals surface area contributed by atoms with Crippen LogP contribution < -0.4 is 5.32 Å². The Morgan fingerprint density at radius 2 is 1.85 bits per heavy atom. The molecular weight excluding hydrogens is 254 g/mol. The van der Waals surface area contributed by atoms with Crippen LogP contribution in [-0.4, -0.2) is 23.0 Å². The molecule has 0 heterocycles. The van der Waals surface area contributed by atoms with Gasteiger partial charge in [0.05, 0.1) is 11.8 Å². The van der Waals surface area contributed by atoms with Crippen molar-refractivity contribution in [3.05, 3.63) is 12.2 Å². The molecule has 0 saturated heterocycles. The number of carboxylic acids is 1. The van der Waals surface area contributed by atoms with Gasteiger partial charge in [-0.1, -0.05) is 32.4 Å². The molecule has 0 aliphatic heterocycles. The third-order valence-electron chi connectivity index (χ3n) is 5.17. The molecule has 3 unspecified atom stereocenters. The zero-order chi connectivity index (χ0) is 14.7. The lowest BCUT2D eigenvalue weighted by molar-refractivity contribution is -0.147. The van der Waals surface area contributed by atoms with E-state index in [0.717, 1.165) is 19.3 Å². The van der Waals surface area contributed by atoms with E-state index < -0.39 is 17.8 Å². The van der Waals surface area contributed by atoms with E-state index in [1.165, 1.54) is 0 Å². The number of hydrogen-bond donors (Lipinski definition) is 2. The number of carboxylic acid groups (broad SMARTS) is 1. The molecule has 20 heavy (non-hydrogen) atoms. The molecule has 0 spiro atoms. The fourth-order valence-electron chi connectivity index (χ4n) is 3.69. The topological polar surface area (TPSA) is 66.4 Å². The standard InChI is InChI=1S/C16H25NO3/c1-3-11-8-9-14(10(11)2)17-15(18)12-6-4-5-7-13(12)16(19)20/h4-5,10-14H,3,6-9H2,1-2H3,(H,17,18)(H,19,20)/t10?,11?,12-,13+,14?/m1/s1. The summed E-state index contributed by atoms with van der Waals surface area (Å²) in [5.74, 6) is -0.743. The Balaban J connectivity index is 1.97. The van der Waals surface area contributed by atoms with Gasteiger partial charge in [-0.3, -0.25) is 9.59 Å². The minimum atomic E-state index is -0.861. The average molecular weight is 279 g/mol. The summed E-state index contributed by atoms with van der Waals surface area (Å²) in [7, 11) is 0. The number of nitrogens with one attached hydrogen (secondary N) is 1. The predicted molar refractivity (Wildman–Crippen MR) is 77.1 cm³/mol. The molecule has 112 valence electrons. The molecule has 0 aromatic heterocycles. The Hall–Kier alpha value is -1.32. The van der Waals surface area contributed by atoms with Crippen LogP contribution in [0.25, 0.3) is 0 Å². The summed E-state index contributed by atoms with van der Waals surface area (Å²) in [4.78, 5) is 23.7.